The van der Waals surface area contributed by atoms with Gasteiger partial charge >= 0.3 is 5.97 Å². The van der Waals surface area contributed by atoms with Crippen molar-refractivity contribution in [3.63, 3.8) is 0 Å². The number of rotatable bonds is 7. The summed E-state index contributed by atoms with van der Waals surface area (Å²) >= 11 is 12.0. The van der Waals surface area contributed by atoms with Crippen LogP contribution in [0.2, 0.25) is 10.0 Å². The number of methoxy groups -OCH3 is 1. The fraction of sp³-hybridized carbons (Fsp3) is 0.435. The maximum atomic E-state index is 15.2. The van der Waals surface area contributed by atoms with Crippen molar-refractivity contribution in [3.05, 3.63) is 69.2 Å². The molecule has 3 rings (SSSR count). The molecule has 0 spiro atoms. The molecule has 0 saturated carbocycles. The standard InChI is InChI=1S/C23H26Cl2F2N2O3/c1-22(2,11-32-3)10-17-23(28,14-8-7-12(24)9-16(14)26)18(20(29-17)21(30)31)13-5-4-6-15(25)19(13)27/h4-9,17-18,20,29H,10-11,28H2,1-3H3,(H,30,31)/t17-,18-,20+,23+/m0/s1. The van der Waals surface area contributed by atoms with Gasteiger partial charge in [0.2, 0.25) is 0 Å². The van der Waals surface area contributed by atoms with E-state index in [1.165, 1.54) is 30.3 Å². The lowest BCUT2D eigenvalue weighted by molar-refractivity contribution is -0.139. The van der Waals surface area contributed by atoms with E-state index >= 15 is 8.78 Å². The average molecular weight is 487 g/mol. The van der Waals surface area contributed by atoms with E-state index < -0.39 is 46.6 Å². The van der Waals surface area contributed by atoms with Gasteiger partial charge in [-0.1, -0.05) is 55.2 Å². The molecule has 4 atom stereocenters. The number of carboxylic acids is 1. The highest BCUT2D eigenvalue weighted by Gasteiger charge is 2.58. The van der Waals surface area contributed by atoms with Crippen molar-refractivity contribution in [2.45, 2.75) is 43.8 Å². The Morgan fingerprint density at radius 1 is 1.28 bits per heavy atom. The number of benzene rings is 2. The highest BCUT2D eigenvalue weighted by atomic mass is 35.5. The summed E-state index contributed by atoms with van der Waals surface area (Å²) in [5.41, 5.74) is 4.92. The van der Waals surface area contributed by atoms with E-state index in [0.29, 0.717) is 13.0 Å². The second-order valence-corrected chi connectivity index (χ2v) is 9.86. The third-order valence-corrected chi connectivity index (χ3v) is 6.60. The number of hydrogen-bond donors (Lipinski definition) is 3. The molecule has 1 fully saturated rings. The Hall–Kier alpha value is -1.77. The van der Waals surface area contributed by atoms with Crippen LogP contribution in [-0.2, 0) is 15.1 Å². The van der Waals surface area contributed by atoms with Gasteiger partial charge in [0.25, 0.3) is 0 Å². The normalized spacial score (nSPS) is 25.8. The Bertz CT molecular complexity index is 1020. The van der Waals surface area contributed by atoms with Gasteiger partial charge in [0.15, 0.2) is 0 Å². The van der Waals surface area contributed by atoms with Crippen LogP contribution in [0.5, 0.6) is 0 Å². The van der Waals surface area contributed by atoms with Gasteiger partial charge in [0, 0.05) is 29.7 Å². The van der Waals surface area contributed by atoms with Crippen molar-refractivity contribution in [1.29, 1.82) is 0 Å². The molecule has 4 N–H and O–H groups in total. The molecule has 1 aliphatic rings. The zero-order valence-electron chi connectivity index (χ0n) is 18.0. The summed E-state index contributed by atoms with van der Waals surface area (Å²) in [6, 6.07) is 6.31. The zero-order valence-corrected chi connectivity index (χ0v) is 19.5. The molecule has 32 heavy (non-hydrogen) atoms. The molecular weight excluding hydrogens is 461 g/mol. The van der Waals surface area contributed by atoms with Gasteiger partial charge in [-0.05, 0) is 35.6 Å². The third kappa shape index (κ3) is 4.50. The van der Waals surface area contributed by atoms with E-state index in [9.17, 15) is 9.90 Å². The third-order valence-electron chi connectivity index (χ3n) is 6.08. The summed E-state index contributed by atoms with van der Waals surface area (Å²) in [5, 5.41) is 13.0. The highest BCUT2D eigenvalue weighted by Crippen LogP contribution is 2.49. The van der Waals surface area contributed by atoms with Gasteiger partial charge in [0.05, 0.1) is 17.2 Å². The molecule has 1 heterocycles. The summed E-state index contributed by atoms with van der Waals surface area (Å²) in [4.78, 5) is 12.3. The number of ether oxygens (including phenoxy) is 1. The summed E-state index contributed by atoms with van der Waals surface area (Å²) in [5.74, 6) is -3.87. The molecule has 0 amide bonds. The minimum absolute atomic E-state index is 0.00120. The minimum Gasteiger partial charge on any atom is -0.480 e. The predicted molar refractivity (Wildman–Crippen MR) is 120 cm³/mol. The van der Waals surface area contributed by atoms with Gasteiger partial charge in [-0.3, -0.25) is 10.1 Å². The van der Waals surface area contributed by atoms with Crippen LogP contribution >= 0.6 is 23.2 Å². The number of carbonyl (C=O) groups is 1. The molecule has 2 aromatic carbocycles. The van der Waals surface area contributed by atoms with Gasteiger partial charge < -0.3 is 15.6 Å². The Morgan fingerprint density at radius 3 is 2.56 bits per heavy atom. The molecule has 0 aliphatic carbocycles. The summed E-state index contributed by atoms with van der Waals surface area (Å²) < 4.78 is 35.7. The molecule has 0 unspecified atom stereocenters. The number of halogens is 4. The first-order valence-corrected chi connectivity index (χ1v) is 10.8. The van der Waals surface area contributed by atoms with Crippen LogP contribution in [-0.4, -0.2) is 36.9 Å². The fourth-order valence-corrected chi connectivity index (χ4v) is 5.12. The first kappa shape index (κ1) is 24.9. The molecule has 1 saturated heterocycles. The Morgan fingerprint density at radius 2 is 1.97 bits per heavy atom. The van der Waals surface area contributed by atoms with Crippen LogP contribution in [0.15, 0.2) is 36.4 Å². The zero-order chi connectivity index (χ0) is 23.8. The van der Waals surface area contributed by atoms with Gasteiger partial charge in [-0.2, -0.15) is 0 Å². The van der Waals surface area contributed by atoms with Gasteiger partial charge in [-0.15, -0.1) is 0 Å². The van der Waals surface area contributed by atoms with Crippen molar-refractivity contribution in [3.8, 4) is 0 Å². The largest absolute Gasteiger partial charge is 0.480 e. The van der Waals surface area contributed by atoms with Crippen molar-refractivity contribution in [1.82, 2.24) is 5.32 Å². The van der Waals surface area contributed by atoms with E-state index in [0.717, 1.165) is 6.07 Å². The molecule has 1 aliphatic heterocycles. The Kier molecular flexibility index (Phi) is 7.17. The Balaban J connectivity index is 2.27. The van der Waals surface area contributed by atoms with Gasteiger partial charge in [-0.25, -0.2) is 8.78 Å². The molecule has 9 heteroatoms. The van der Waals surface area contributed by atoms with Crippen molar-refractivity contribution in [2.24, 2.45) is 11.1 Å². The summed E-state index contributed by atoms with van der Waals surface area (Å²) in [6.45, 7) is 4.22. The van der Waals surface area contributed by atoms with Crippen LogP contribution in [0.4, 0.5) is 8.78 Å². The van der Waals surface area contributed by atoms with Crippen LogP contribution in [0.25, 0.3) is 0 Å². The van der Waals surface area contributed by atoms with E-state index in [4.69, 9.17) is 33.7 Å². The molecule has 2 aromatic rings. The van der Waals surface area contributed by atoms with Gasteiger partial charge in [0.1, 0.15) is 17.7 Å². The molecule has 0 aromatic heterocycles. The molecule has 5 nitrogen and oxygen atoms in total. The average Bonchev–Trinajstić information content (AvgIpc) is 2.96. The number of aliphatic carboxylic acids is 1. The highest BCUT2D eigenvalue weighted by molar-refractivity contribution is 6.31. The summed E-state index contributed by atoms with van der Waals surface area (Å²) in [6.07, 6.45) is 0.335. The predicted octanol–water partition coefficient (Wildman–Crippen LogP) is 4.70. The topological polar surface area (TPSA) is 84.6 Å². The second kappa shape index (κ2) is 9.23. The first-order chi connectivity index (χ1) is 14.9. The second-order valence-electron chi connectivity index (χ2n) is 9.01. The van der Waals surface area contributed by atoms with Crippen LogP contribution in [0, 0.1) is 17.0 Å². The smallest absolute Gasteiger partial charge is 0.321 e. The number of hydrogen-bond acceptors (Lipinski definition) is 4. The minimum atomic E-state index is -1.63. The van der Waals surface area contributed by atoms with E-state index in [1.54, 1.807) is 7.11 Å². The van der Waals surface area contributed by atoms with E-state index in [2.05, 4.69) is 5.32 Å². The molecule has 174 valence electrons. The summed E-state index contributed by atoms with van der Waals surface area (Å²) in [7, 11) is 1.56. The van der Waals surface area contributed by atoms with Crippen LogP contribution in [0.1, 0.15) is 37.3 Å². The number of nitrogens with one attached hydrogen (secondary N) is 1. The lowest BCUT2D eigenvalue weighted by Crippen LogP contribution is -2.53. The lowest BCUT2D eigenvalue weighted by Gasteiger charge is -2.40. The maximum Gasteiger partial charge on any atom is 0.321 e. The Labute approximate surface area is 195 Å². The van der Waals surface area contributed by atoms with Crippen molar-refractivity contribution < 1.29 is 23.4 Å². The quantitative estimate of drug-likeness (QED) is 0.528. The molecular formula is C23H26Cl2F2N2O3. The van der Waals surface area contributed by atoms with Crippen molar-refractivity contribution in [2.75, 3.05) is 13.7 Å². The van der Waals surface area contributed by atoms with E-state index in [1.807, 2.05) is 13.8 Å². The SMILES string of the molecule is COCC(C)(C)C[C@@H]1N[C@@H](C(=O)O)[C@H](c2cccc(Cl)c2F)[C@@]1(N)c1ccc(Cl)cc1F. The number of nitrogens with two attached hydrogens (primary N) is 1. The molecule has 0 radical (unpaired) electrons. The lowest BCUT2D eigenvalue weighted by atomic mass is 9.68. The van der Waals surface area contributed by atoms with Crippen LogP contribution < -0.4 is 11.1 Å². The van der Waals surface area contributed by atoms with Crippen LogP contribution in [0.3, 0.4) is 0 Å². The van der Waals surface area contributed by atoms with E-state index in [-0.39, 0.29) is 21.2 Å². The maximum absolute atomic E-state index is 15.2. The molecule has 0 bridgehead atoms. The fourth-order valence-electron chi connectivity index (χ4n) is 4.78. The monoisotopic (exact) mass is 486 g/mol. The number of carboxylic acid groups (broad SMARTS) is 1. The van der Waals surface area contributed by atoms with Crippen molar-refractivity contribution >= 4 is 29.2 Å². The first-order valence-electron chi connectivity index (χ1n) is 10.1.